The molecule has 7 heteroatoms. The van der Waals surface area contributed by atoms with Crippen LogP contribution in [0.25, 0.3) is 0 Å². The molecule has 15 heavy (non-hydrogen) atoms. The highest BCUT2D eigenvalue weighted by molar-refractivity contribution is 9.08. The number of alkyl halides is 4. The maximum Gasteiger partial charge on any atom is 0.573 e. The monoisotopic (exact) mass is 303 g/mol. The number of nitrogens with two attached hydrogens (primary N) is 1. The van der Waals surface area contributed by atoms with Crippen molar-refractivity contribution in [2.24, 2.45) is 0 Å². The molecule has 0 unspecified atom stereocenters. The second kappa shape index (κ2) is 4.49. The van der Waals surface area contributed by atoms with E-state index in [1.165, 1.54) is 6.07 Å². The van der Waals surface area contributed by atoms with Crippen LogP contribution in [-0.4, -0.2) is 6.36 Å². The van der Waals surface area contributed by atoms with Gasteiger partial charge < -0.3 is 10.5 Å². The molecule has 0 radical (unpaired) electrons. The van der Waals surface area contributed by atoms with E-state index in [0.29, 0.717) is 10.9 Å². The standard InChI is InChI=1S/C8H6BrClF3NO/c9-3-4-1-2-5(6(10)7(4)14)15-8(11,12)13/h1-2H,3,14H2. The third kappa shape index (κ3) is 3.17. The van der Waals surface area contributed by atoms with Crippen LogP contribution in [0.1, 0.15) is 5.56 Å². The summed E-state index contributed by atoms with van der Waals surface area (Å²) in [4.78, 5) is 0. The van der Waals surface area contributed by atoms with Gasteiger partial charge in [-0.05, 0) is 11.6 Å². The Bertz CT molecular complexity index is 370. The number of hydrogen-bond donors (Lipinski definition) is 1. The van der Waals surface area contributed by atoms with Crippen molar-refractivity contribution >= 4 is 33.2 Å². The van der Waals surface area contributed by atoms with Crippen LogP contribution in [0.2, 0.25) is 5.02 Å². The van der Waals surface area contributed by atoms with E-state index < -0.39 is 12.1 Å². The Morgan fingerprint density at radius 3 is 2.47 bits per heavy atom. The molecule has 0 aliphatic heterocycles. The molecule has 0 fully saturated rings. The van der Waals surface area contributed by atoms with Gasteiger partial charge in [0.15, 0.2) is 0 Å². The van der Waals surface area contributed by atoms with E-state index in [4.69, 9.17) is 17.3 Å². The predicted molar refractivity (Wildman–Crippen MR) is 55.2 cm³/mol. The number of rotatable bonds is 2. The summed E-state index contributed by atoms with van der Waals surface area (Å²) in [7, 11) is 0. The number of benzene rings is 1. The van der Waals surface area contributed by atoms with Crippen LogP contribution in [0, 0.1) is 0 Å². The van der Waals surface area contributed by atoms with E-state index in [0.717, 1.165) is 6.07 Å². The van der Waals surface area contributed by atoms with Crippen molar-refractivity contribution in [2.45, 2.75) is 11.7 Å². The summed E-state index contributed by atoms with van der Waals surface area (Å²) in [5, 5.41) is 0.175. The third-order valence-electron chi connectivity index (χ3n) is 1.60. The molecule has 0 aliphatic rings. The first-order chi connectivity index (χ1) is 6.85. The minimum absolute atomic E-state index is 0.0790. The lowest BCUT2D eigenvalue weighted by atomic mass is 10.2. The van der Waals surface area contributed by atoms with Crippen molar-refractivity contribution in [1.82, 2.24) is 0 Å². The molecule has 0 bridgehead atoms. The van der Waals surface area contributed by atoms with E-state index in [-0.39, 0.29) is 10.7 Å². The van der Waals surface area contributed by atoms with Gasteiger partial charge in [0.05, 0.1) is 5.69 Å². The van der Waals surface area contributed by atoms with Gasteiger partial charge in [-0.1, -0.05) is 33.6 Å². The molecule has 0 saturated heterocycles. The number of anilines is 1. The largest absolute Gasteiger partial charge is 0.573 e. The minimum atomic E-state index is -4.77. The van der Waals surface area contributed by atoms with Gasteiger partial charge in [-0.15, -0.1) is 13.2 Å². The number of halogens is 5. The van der Waals surface area contributed by atoms with E-state index in [1.807, 2.05) is 0 Å². The third-order valence-corrected chi connectivity index (χ3v) is 2.60. The van der Waals surface area contributed by atoms with Crippen molar-refractivity contribution < 1.29 is 17.9 Å². The molecule has 1 rings (SSSR count). The summed E-state index contributed by atoms with van der Waals surface area (Å²) in [6.07, 6.45) is -4.77. The summed E-state index contributed by atoms with van der Waals surface area (Å²) >= 11 is 8.74. The lowest BCUT2D eigenvalue weighted by Gasteiger charge is -2.13. The first kappa shape index (κ1) is 12.4. The Labute approximate surface area is 97.3 Å². The predicted octanol–water partition coefficient (Wildman–Crippen LogP) is 3.72. The first-order valence-corrected chi connectivity index (χ1v) is 5.23. The fourth-order valence-electron chi connectivity index (χ4n) is 0.933. The molecule has 2 nitrogen and oxygen atoms in total. The molecule has 0 saturated carbocycles. The van der Waals surface area contributed by atoms with Crippen molar-refractivity contribution in [3.05, 3.63) is 22.7 Å². The summed E-state index contributed by atoms with van der Waals surface area (Å²) in [5.41, 5.74) is 6.19. The minimum Gasteiger partial charge on any atom is -0.404 e. The van der Waals surface area contributed by atoms with Crippen molar-refractivity contribution in [3.63, 3.8) is 0 Å². The van der Waals surface area contributed by atoms with Gasteiger partial charge in [0.1, 0.15) is 10.8 Å². The van der Waals surface area contributed by atoms with Crippen LogP contribution in [0.5, 0.6) is 5.75 Å². The molecule has 0 aliphatic carbocycles. The zero-order valence-electron chi connectivity index (χ0n) is 7.24. The molecule has 1 aromatic carbocycles. The van der Waals surface area contributed by atoms with Crippen LogP contribution in [0.4, 0.5) is 18.9 Å². The SMILES string of the molecule is Nc1c(CBr)ccc(OC(F)(F)F)c1Cl. The van der Waals surface area contributed by atoms with Gasteiger partial charge in [0.25, 0.3) is 0 Å². The number of ether oxygens (including phenoxy) is 1. The Balaban J connectivity index is 3.07. The second-order valence-corrected chi connectivity index (χ2v) is 3.57. The van der Waals surface area contributed by atoms with Crippen LogP contribution >= 0.6 is 27.5 Å². The van der Waals surface area contributed by atoms with Gasteiger partial charge >= 0.3 is 6.36 Å². The maximum absolute atomic E-state index is 11.9. The Hall–Kier alpha value is -0.620. The summed E-state index contributed by atoms with van der Waals surface area (Å²) in [6, 6.07) is 2.54. The van der Waals surface area contributed by atoms with E-state index in [9.17, 15) is 13.2 Å². The zero-order chi connectivity index (χ0) is 11.6. The highest BCUT2D eigenvalue weighted by Crippen LogP contribution is 2.36. The maximum atomic E-state index is 11.9. The lowest BCUT2D eigenvalue weighted by molar-refractivity contribution is -0.274. The van der Waals surface area contributed by atoms with E-state index in [2.05, 4.69) is 20.7 Å². The Morgan fingerprint density at radius 1 is 1.40 bits per heavy atom. The summed E-state index contributed by atoms with van der Waals surface area (Å²) in [6.45, 7) is 0. The molecule has 0 atom stereocenters. The summed E-state index contributed by atoms with van der Waals surface area (Å²) < 4.78 is 39.4. The molecule has 84 valence electrons. The highest BCUT2D eigenvalue weighted by Gasteiger charge is 2.32. The second-order valence-electron chi connectivity index (χ2n) is 2.63. The molecule has 2 N–H and O–H groups in total. The zero-order valence-corrected chi connectivity index (χ0v) is 9.58. The highest BCUT2D eigenvalue weighted by atomic mass is 79.9. The van der Waals surface area contributed by atoms with Crippen LogP contribution in [-0.2, 0) is 5.33 Å². The van der Waals surface area contributed by atoms with Gasteiger partial charge in [-0.3, -0.25) is 0 Å². The Morgan fingerprint density at radius 2 is 2.00 bits per heavy atom. The number of nitrogen functional groups attached to an aromatic ring is 1. The molecule has 0 spiro atoms. The smallest absolute Gasteiger partial charge is 0.404 e. The van der Waals surface area contributed by atoms with Crippen molar-refractivity contribution in [3.8, 4) is 5.75 Å². The first-order valence-electron chi connectivity index (χ1n) is 3.73. The molecular weight excluding hydrogens is 298 g/mol. The van der Waals surface area contributed by atoms with Gasteiger partial charge in [0, 0.05) is 5.33 Å². The number of hydrogen-bond acceptors (Lipinski definition) is 2. The van der Waals surface area contributed by atoms with Gasteiger partial charge in [0.2, 0.25) is 0 Å². The quantitative estimate of drug-likeness (QED) is 0.667. The fraction of sp³-hybridized carbons (Fsp3) is 0.250. The molecule has 1 aromatic rings. The molecule has 0 heterocycles. The summed E-state index contributed by atoms with van der Waals surface area (Å²) in [5.74, 6) is -0.494. The topological polar surface area (TPSA) is 35.2 Å². The Kier molecular flexibility index (Phi) is 3.72. The van der Waals surface area contributed by atoms with E-state index >= 15 is 0 Å². The molecule has 0 aromatic heterocycles. The van der Waals surface area contributed by atoms with Crippen LogP contribution in [0.3, 0.4) is 0 Å². The fourth-order valence-corrected chi connectivity index (χ4v) is 1.64. The van der Waals surface area contributed by atoms with Gasteiger partial charge in [-0.2, -0.15) is 0 Å². The molecular formula is C8H6BrClF3NO. The molecule has 0 amide bonds. The average Bonchev–Trinajstić information content (AvgIpc) is 2.11. The van der Waals surface area contributed by atoms with E-state index in [1.54, 1.807) is 0 Å². The average molecular weight is 304 g/mol. The van der Waals surface area contributed by atoms with Crippen LogP contribution < -0.4 is 10.5 Å². The lowest BCUT2D eigenvalue weighted by Crippen LogP contribution is -2.17. The van der Waals surface area contributed by atoms with Gasteiger partial charge in [-0.25, -0.2) is 0 Å². The van der Waals surface area contributed by atoms with Crippen molar-refractivity contribution in [2.75, 3.05) is 5.73 Å². The van der Waals surface area contributed by atoms with Crippen molar-refractivity contribution in [1.29, 1.82) is 0 Å². The van der Waals surface area contributed by atoms with Crippen LogP contribution in [0.15, 0.2) is 12.1 Å². The normalized spacial score (nSPS) is 11.5.